The fourth-order valence-electron chi connectivity index (χ4n) is 3.39. The molecule has 3 aromatic carbocycles. The highest BCUT2D eigenvalue weighted by atomic mass is 16.7. The van der Waals surface area contributed by atoms with Crippen molar-refractivity contribution in [3.63, 3.8) is 0 Å². The Kier molecular flexibility index (Phi) is 5.90. The van der Waals surface area contributed by atoms with Gasteiger partial charge in [-0.3, -0.25) is 0 Å². The second-order valence-electron chi connectivity index (χ2n) is 6.66. The van der Waals surface area contributed by atoms with E-state index in [0.717, 1.165) is 0 Å². The van der Waals surface area contributed by atoms with Gasteiger partial charge in [-0.05, 0) is 29.7 Å². The van der Waals surface area contributed by atoms with Gasteiger partial charge in [-0.2, -0.15) is 0 Å². The molecule has 0 aliphatic rings. The third kappa shape index (κ3) is 3.87. The molecule has 0 N–H and O–H groups in total. The number of hydrogen-bond acceptors (Lipinski definition) is 2. The first-order valence-corrected chi connectivity index (χ1v) is 9.12. The van der Waals surface area contributed by atoms with Crippen LogP contribution in [0.1, 0.15) is 23.6 Å². The van der Waals surface area contributed by atoms with E-state index in [0.29, 0.717) is 0 Å². The standard InChI is InChI=1S/C25H26O2/c1-24(26-2,27-3)19-20-25(21-13-7-4-8-14-21,22-15-9-5-10-16-22)23-17-11-6-12-18-23/h4-20H,1-3H3. The number of ether oxygens (including phenoxy) is 2. The Labute approximate surface area is 162 Å². The number of benzene rings is 3. The van der Waals surface area contributed by atoms with Gasteiger partial charge in [0.15, 0.2) is 5.79 Å². The van der Waals surface area contributed by atoms with Crippen molar-refractivity contribution in [3.05, 3.63) is 120 Å². The molecule has 0 radical (unpaired) electrons. The smallest absolute Gasteiger partial charge is 0.184 e. The molecule has 27 heavy (non-hydrogen) atoms. The lowest BCUT2D eigenvalue weighted by Crippen LogP contribution is -2.31. The van der Waals surface area contributed by atoms with Crippen LogP contribution in [0, 0.1) is 0 Å². The maximum Gasteiger partial charge on any atom is 0.184 e. The summed E-state index contributed by atoms with van der Waals surface area (Å²) in [7, 11) is 3.31. The van der Waals surface area contributed by atoms with Crippen LogP contribution in [0.4, 0.5) is 0 Å². The van der Waals surface area contributed by atoms with Crippen LogP contribution in [0.25, 0.3) is 0 Å². The summed E-state index contributed by atoms with van der Waals surface area (Å²) in [5.74, 6) is -0.802. The van der Waals surface area contributed by atoms with Gasteiger partial charge in [0.05, 0.1) is 5.41 Å². The molecule has 0 aromatic heterocycles. The van der Waals surface area contributed by atoms with Crippen LogP contribution in [-0.4, -0.2) is 20.0 Å². The molecule has 0 saturated carbocycles. The number of rotatable bonds is 7. The van der Waals surface area contributed by atoms with Gasteiger partial charge >= 0.3 is 0 Å². The predicted molar refractivity (Wildman–Crippen MR) is 111 cm³/mol. The fourth-order valence-corrected chi connectivity index (χ4v) is 3.39. The number of allylic oxidation sites excluding steroid dienone is 1. The van der Waals surface area contributed by atoms with E-state index in [-0.39, 0.29) is 0 Å². The van der Waals surface area contributed by atoms with Crippen molar-refractivity contribution in [3.8, 4) is 0 Å². The van der Waals surface area contributed by atoms with E-state index in [1.54, 1.807) is 14.2 Å². The molecule has 0 fully saturated rings. The normalized spacial score (nSPS) is 12.4. The Hall–Kier alpha value is -2.68. The molecule has 138 valence electrons. The molecule has 0 amide bonds. The lowest BCUT2D eigenvalue weighted by Gasteiger charge is -2.34. The summed E-state index contributed by atoms with van der Waals surface area (Å²) in [5, 5.41) is 0. The average Bonchev–Trinajstić information content (AvgIpc) is 2.76. The van der Waals surface area contributed by atoms with Crippen LogP contribution in [0.3, 0.4) is 0 Å². The quantitative estimate of drug-likeness (QED) is 0.311. The van der Waals surface area contributed by atoms with Crippen LogP contribution in [0.2, 0.25) is 0 Å². The number of methoxy groups -OCH3 is 2. The summed E-state index contributed by atoms with van der Waals surface area (Å²) >= 11 is 0. The van der Waals surface area contributed by atoms with Gasteiger partial charge in [-0.25, -0.2) is 0 Å². The van der Waals surface area contributed by atoms with Crippen LogP contribution in [0.5, 0.6) is 0 Å². The van der Waals surface area contributed by atoms with Crippen LogP contribution in [-0.2, 0) is 14.9 Å². The van der Waals surface area contributed by atoms with E-state index in [9.17, 15) is 0 Å². The minimum absolute atomic E-state index is 0.456. The average molecular weight is 358 g/mol. The van der Waals surface area contributed by atoms with Crippen molar-refractivity contribution in [2.45, 2.75) is 18.1 Å². The summed E-state index contributed by atoms with van der Waals surface area (Å²) in [6.07, 6.45) is 4.19. The molecule has 2 heteroatoms. The van der Waals surface area contributed by atoms with Crippen molar-refractivity contribution < 1.29 is 9.47 Å². The summed E-state index contributed by atoms with van der Waals surface area (Å²) in [6.45, 7) is 1.91. The van der Waals surface area contributed by atoms with Gasteiger partial charge in [-0.1, -0.05) is 97.1 Å². The molecular weight excluding hydrogens is 332 g/mol. The summed E-state index contributed by atoms with van der Waals surface area (Å²) < 4.78 is 11.2. The second-order valence-corrected chi connectivity index (χ2v) is 6.66. The zero-order valence-corrected chi connectivity index (χ0v) is 16.1. The van der Waals surface area contributed by atoms with E-state index in [1.165, 1.54) is 16.7 Å². The van der Waals surface area contributed by atoms with Gasteiger partial charge in [0.2, 0.25) is 0 Å². The van der Waals surface area contributed by atoms with Crippen molar-refractivity contribution in [2.24, 2.45) is 0 Å². The Morgan fingerprint density at radius 1 is 0.556 bits per heavy atom. The first kappa shape index (κ1) is 19.1. The van der Waals surface area contributed by atoms with Crippen LogP contribution in [0.15, 0.2) is 103 Å². The van der Waals surface area contributed by atoms with Crippen molar-refractivity contribution >= 4 is 0 Å². The fraction of sp³-hybridized carbons (Fsp3) is 0.200. The van der Waals surface area contributed by atoms with E-state index < -0.39 is 11.2 Å². The summed E-state index contributed by atoms with van der Waals surface area (Å²) in [4.78, 5) is 0. The molecule has 0 aliphatic carbocycles. The van der Waals surface area contributed by atoms with Gasteiger partial charge in [0, 0.05) is 14.2 Å². The van der Waals surface area contributed by atoms with E-state index in [4.69, 9.17) is 9.47 Å². The first-order valence-electron chi connectivity index (χ1n) is 9.12. The van der Waals surface area contributed by atoms with E-state index in [2.05, 4.69) is 78.9 Å². The summed E-state index contributed by atoms with van der Waals surface area (Å²) in [6, 6.07) is 31.6. The maximum absolute atomic E-state index is 5.58. The summed E-state index contributed by atoms with van der Waals surface area (Å²) in [5.41, 5.74) is 3.11. The molecule has 3 aromatic rings. The Morgan fingerprint density at radius 3 is 1.19 bits per heavy atom. The molecule has 3 rings (SSSR count). The van der Waals surface area contributed by atoms with E-state index in [1.807, 2.05) is 31.2 Å². The minimum atomic E-state index is -0.802. The highest BCUT2D eigenvalue weighted by Crippen LogP contribution is 2.41. The largest absolute Gasteiger partial charge is 0.350 e. The molecule has 0 unspecified atom stereocenters. The Bertz CT molecular complexity index is 754. The predicted octanol–water partition coefficient (Wildman–Crippen LogP) is 5.59. The van der Waals surface area contributed by atoms with Crippen LogP contribution >= 0.6 is 0 Å². The lowest BCUT2D eigenvalue weighted by atomic mass is 9.69. The van der Waals surface area contributed by atoms with Gasteiger partial charge in [-0.15, -0.1) is 0 Å². The van der Waals surface area contributed by atoms with Gasteiger partial charge in [0.25, 0.3) is 0 Å². The third-order valence-corrected chi connectivity index (χ3v) is 5.13. The topological polar surface area (TPSA) is 18.5 Å². The van der Waals surface area contributed by atoms with Crippen molar-refractivity contribution in [1.29, 1.82) is 0 Å². The Balaban J connectivity index is 2.31. The molecule has 0 spiro atoms. The molecule has 0 saturated heterocycles. The van der Waals surface area contributed by atoms with Crippen LogP contribution < -0.4 is 0 Å². The molecule has 2 nitrogen and oxygen atoms in total. The Morgan fingerprint density at radius 2 is 0.889 bits per heavy atom. The van der Waals surface area contributed by atoms with Crippen molar-refractivity contribution in [2.75, 3.05) is 14.2 Å². The SMILES string of the molecule is COC(C)(C=CC(c1ccccc1)(c1ccccc1)c1ccccc1)OC. The molecule has 0 aliphatic heterocycles. The van der Waals surface area contributed by atoms with Gasteiger partial charge in [0.1, 0.15) is 0 Å². The first-order chi connectivity index (χ1) is 13.1. The van der Waals surface area contributed by atoms with E-state index >= 15 is 0 Å². The van der Waals surface area contributed by atoms with Gasteiger partial charge < -0.3 is 9.47 Å². The number of hydrogen-bond donors (Lipinski definition) is 0. The monoisotopic (exact) mass is 358 g/mol. The highest BCUT2D eigenvalue weighted by Gasteiger charge is 2.34. The highest BCUT2D eigenvalue weighted by molar-refractivity contribution is 5.55. The van der Waals surface area contributed by atoms with Crippen molar-refractivity contribution in [1.82, 2.24) is 0 Å². The third-order valence-electron chi connectivity index (χ3n) is 5.13. The maximum atomic E-state index is 5.58. The lowest BCUT2D eigenvalue weighted by molar-refractivity contribution is -0.156. The molecule has 0 bridgehead atoms. The molecule has 0 atom stereocenters. The zero-order valence-electron chi connectivity index (χ0n) is 16.1. The second kappa shape index (κ2) is 8.34. The molecule has 0 heterocycles. The minimum Gasteiger partial charge on any atom is -0.350 e. The zero-order chi connectivity index (χ0) is 19.2. The molecular formula is C25H26O2.